The summed E-state index contributed by atoms with van der Waals surface area (Å²) < 4.78 is 5.22. The van der Waals surface area contributed by atoms with E-state index in [9.17, 15) is 4.79 Å². The van der Waals surface area contributed by atoms with Gasteiger partial charge in [-0.25, -0.2) is 9.79 Å². The van der Waals surface area contributed by atoms with Crippen molar-refractivity contribution in [3.05, 3.63) is 35.4 Å². The Morgan fingerprint density at radius 2 is 1.76 bits per heavy atom. The number of rotatable bonds is 1. The molecule has 1 saturated heterocycles. The highest BCUT2D eigenvalue weighted by Gasteiger charge is 2.21. The predicted octanol–water partition coefficient (Wildman–Crippen LogP) is 0.222. The van der Waals surface area contributed by atoms with E-state index < -0.39 is 0 Å². The van der Waals surface area contributed by atoms with Crippen molar-refractivity contribution in [1.29, 1.82) is 0 Å². The molecule has 3 N–H and O–H groups in total. The lowest BCUT2D eigenvalue weighted by Crippen LogP contribution is -2.83. The number of nitrogens with one attached hydrogen (secondary N) is 1. The molecule has 1 fully saturated rings. The molecule has 0 unspecified atom stereocenters. The fourth-order valence-corrected chi connectivity index (χ4v) is 2.18. The molecule has 1 aromatic carbocycles. The smallest absolute Gasteiger partial charge is 0.375 e. The number of nitrogens with two attached hydrogens (primary N) is 1. The summed E-state index contributed by atoms with van der Waals surface area (Å²) in [4.78, 5) is 16.5. The number of nitrogen functional groups attached to an aromatic ring is 1. The fourth-order valence-electron chi connectivity index (χ4n) is 2.18. The van der Waals surface area contributed by atoms with Crippen LogP contribution in [0.25, 0.3) is 0 Å². The highest BCUT2D eigenvalue weighted by Crippen LogP contribution is 2.21. The second kappa shape index (κ2) is 6.26. The van der Waals surface area contributed by atoms with E-state index in [1.165, 1.54) is 5.56 Å². The van der Waals surface area contributed by atoms with Crippen LogP contribution in [0.15, 0.2) is 24.3 Å². The van der Waals surface area contributed by atoms with Gasteiger partial charge in [-0.2, -0.15) is 0 Å². The monoisotopic (exact) mass is 290 g/mol. The molecule has 0 aromatic heterocycles. The first kappa shape index (κ1) is 15.5. The van der Waals surface area contributed by atoms with Crippen LogP contribution < -0.4 is 10.7 Å². The average Bonchev–Trinajstić information content (AvgIpc) is 2.47. The number of ether oxygens (including phenoxy) is 1. The molecule has 0 spiro atoms. The summed E-state index contributed by atoms with van der Waals surface area (Å²) in [6.45, 7) is 8.84. The van der Waals surface area contributed by atoms with Gasteiger partial charge >= 0.3 is 6.03 Å². The minimum atomic E-state index is -0.171. The molecule has 21 heavy (non-hydrogen) atoms. The number of carbonyl (C=O) groups is 1. The van der Waals surface area contributed by atoms with Crippen LogP contribution in [0, 0.1) is 0 Å². The molecule has 0 radical (unpaired) electrons. The number of amides is 2. The van der Waals surface area contributed by atoms with Crippen LogP contribution in [0.1, 0.15) is 31.9 Å². The van der Waals surface area contributed by atoms with Crippen LogP contribution in [0.4, 0.5) is 4.79 Å². The van der Waals surface area contributed by atoms with Gasteiger partial charge in [-0.3, -0.25) is 4.90 Å². The summed E-state index contributed by atoms with van der Waals surface area (Å²) >= 11 is 0. The Labute approximate surface area is 125 Å². The van der Waals surface area contributed by atoms with Gasteiger partial charge in [0.15, 0.2) is 0 Å². The van der Waals surface area contributed by atoms with Gasteiger partial charge < -0.3 is 10.5 Å². The lowest BCUT2D eigenvalue weighted by Gasteiger charge is -2.20. The maximum Gasteiger partial charge on any atom is 0.436 e. The molecule has 0 atom stereocenters. The molecule has 1 aliphatic rings. The van der Waals surface area contributed by atoms with Crippen LogP contribution in [0.3, 0.4) is 0 Å². The third-order valence-corrected chi connectivity index (χ3v) is 3.60. The van der Waals surface area contributed by atoms with Gasteiger partial charge in [-0.1, -0.05) is 32.9 Å². The van der Waals surface area contributed by atoms with Crippen LogP contribution >= 0.6 is 0 Å². The van der Waals surface area contributed by atoms with Crippen molar-refractivity contribution in [2.24, 2.45) is 5.73 Å². The van der Waals surface area contributed by atoms with E-state index in [-0.39, 0.29) is 11.4 Å². The molecule has 1 aliphatic heterocycles. The van der Waals surface area contributed by atoms with Crippen molar-refractivity contribution < 1.29 is 14.5 Å². The van der Waals surface area contributed by atoms with Gasteiger partial charge in [0.2, 0.25) is 5.84 Å². The van der Waals surface area contributed by atoms with Crippen molar-refractivity contribution in [2.75, 3.05) is 26.3 Å². The Balaban J connectivity index is 2.09. The number of benzene rings is 1. The van der Waals surface area contributed by atoms with Crippen molar-refractivity contribution in [1.82, 2.24) is 4.90 Å². The molecule has 0 saturated carbocycles. The van der Waals surface area contributed by atoms with Crippen LogP contribution in [-0.4, -0.2) is 43.1 Å². The zero-order valence-electron chi connectivity index (χ0n) is 13.0. The maximum absolute atomic E-state index is 12.1. The second-order valence-electron chi connectivity index (χ2n) is 6.27. The standard InChI is InChI=1S/C16H23N3O2/c1-16(2,3)13-6-4-12(5-7-13)14(17)18-15(20)19-8-10-21-11-9-19/h4-7H,8-11H2,1-3H3,(H2,17,18,20)/p+1. The molecule has 114 valence electrons. The average molecular weight is 290 g/mol. The first-order valence-electron chi connectivity index (χ1n) is 7.25. The molecule has 2 rings (SSSR count). The zero-order chi connectivity index (χ0) is 15.5. The number of carbonyl (C=O) groups excluding carboxylic acids is 1. The molecule has 1 heterocycles. The van der Waals surface area contributed by atoms with Gasteiger partial charge in [0, 0.05) is 5.56 Å². The molecule has 5 nitrogen and oxygen atoms in total. The molecule has 5 heteroatoms. The Morgan fingerprint density at radius 1 is 1.19 bits per heavy atom. The molecule has 1 aromatic rings. The number of amidine groups is 1. The largest absolute Gasteiger partial charge is 0.436 e. The van der Waals surface area contributed by atoms with E-state index in [1.54, 1.807) is 4.90 Å². The normalized spacial score (nSPS) is 16.9. The lowest BCUT2D eigenvalue weighted by atomic mass is 9.87. The highest BCUT2D eigenvalue weighted by molar-refractivity contribution is 5.95. The second-order valence-corrected chi connectivity index (χ2v) is 6.27. The summed E-state index contributed by atoms with van der Waals surface area (Å²) in [6.07, 6.45) is 0. The highest BCUT2D eigenvalue weighted by atomic mass is 16.5. The van der Waals surface area contributed by atoms with Crippen molar-refractivity contribution in [3.8, 4) is 0 Å². The first-order chi connectivity index (χ1) is 9.88. The summed E-state index contributed by atoms with van der Waals surface area (Å²) in [5, 5.41) is 0. The lowest BCUT2D eigenvalue weighted by molar-refractivity contribution is -0.357. The zero-order valence-corrected chi connectivity index (χ0v) is 13.0. The molecule has 2 amide bonds. The van der Waals surface area contributed by atoms with Crippen LogP contribution in [0.2, 0.25) is 0 Å². The van der Waals surface area contributed by atoms with Gasteiger partial charge in [0.05, 0.1) is 26.3 Å². The van der Waals surface area contributed by atoms with E-state index in [1.807, 2.05) is 24.3 Å². The first-order valence-corrected chi connectivity index (χ1v) is 7.25. The van der Waals surface area contributed by atoms with Gasteiger partial charge in [0.1, 0.15) is 0 Å². The SMILES string of the molecule is CC(C)(C)c1ccc(C(N)=[NH+]C(=O)N2CCOCC2)cc1. The van der Waals surface area contributed by atoms with E-state index >= 15 is 0 Å². The van der Waals surface area contributed by atoms with Gasteiger partial charge in [-0.05, 0) is 23.1 Å². The Kier molecular flexibility index (Phi) is 4.63. The summed E-state index contributed by atoms with van der Waals surface area (Å²) in [6, 6.07) is 7.80. The summed E-state index contributed by atoms with van der Waals surface area (Å²) in [7, 11) is 0. The molecular weight excluding hydrogens is 266 g/mol. The topological polar surface area (TPSA) is 69.5 Å². The molecular formula is C16H24N3O2+. The number of hydrogen-bond donors (Lipinski definition) is 2. The summed E-state index contributed by atoms with van der Waals surface area (Å²) in [5.41, 5.74) is 8.15. The molecule has 0 aliphatic carbocycles. The Bertz CT molecular complexity index is 523. The Morgan fingerprint density at radius 3 is 2.29 bits per heavy atom. The van der Waals surface area contributed by atoms with E-state index in [4.69, 9.17) is 10.5 Å². The van der Waals surface area contributed by atoms with E-state index in [0.29, 0.717) is 32.1 Å². The van der Waals surface area contributed by atoms with Crippen LogP contribution in [-0.2, 0) is 10.2 Å². The maximum atomic E-state index is 12.1. The third kappa shape index (κ3) is 4.04. The van der Waals surface area contributed by atoms with Crippen molar-refractivity contribution in [3.63, 3.8) is 0 Å². The summed E-state index contributed by atoms with van der Waals surface area (Å²) in [5.74, 6) is 0.381. The number of morpholine rings is 1. The van der Waals surface area contributed by atoms with Gasteiger partial charge in [0.25, 0.3) is 0 Å². The van der Waals surface area contributed by atoms with Crippen molar-refractivity contribution in [2.45, 2.75) is 26.2 Å². The minimum absolute atomic E-state index is 0.102. The minimum Gasteiger partial charge on any atom is -0.375 e. The Hall–Kier alpha value is -1.88. The van der Waals surface area contributed by atoms with Crippen molar-refractivity contribution >= 4 is 11.9 Å². The molecule has 0 bridgehead atoms. The van der Waals surface area contributed by atoms with E-state index in [0.717, 1.165) is 5.56 Å². The van der Waals surface area contributed by atoms with E-state index in [2.05, 4.69) is 25.8 Å². The fraction of sp³-hybridized carbons (Fsp3) is 0.500. The number of hydrogen-bond acceptors (Lipinski definition) is 2. The predicted molar refractivity (Wildman–Crippen MR) is 82.2 cm³/mol. The number of nitrogens with zero attached hydrogens (tertiary/aromatic N) is 1. The van der Waals surface area contributed by atoms with Gasteiger partial charge in [-0.15, -0.1) is 0 Å². The third-order valence-electron chi connectivity index (χ3n) is 3.60. The quantitative estimate of drug-likeness (QED) is 0.574. The van der Waals surface area contributed by atoms with Crippen LogP contribution in [0.5, 0.6) is 0 Å². The number of urea groups is 1.